The smallest absolute Gasteiger partial charge is 0.338 e. The van der Waals surface area contributed by atoms with E-state index in [9.17, 15) is 4.79 Å². The van der Waals surface area contributed by atoms with Crippen molar-refractivity contribution in [3.63, 3.8) is 0 Å². The zero-order valence-corrected chi connectivity index (χ0v) is 133. The summed E-state index contributed by atoms with van der Waals surface area (Å²) in [7, 11) is 0. The number of esters is 1. The van der Waals surface area contributed by atoms with E-state index < -0.39 is 0 Å². The van der Waals surface area contributed by atoms with Crippen LogP contribution in [0, 0.1) is 0 Å². The minimum Gasteiger partial charge on any atom is -0.461 e. The first-order valence-corrected chi connectivity index (χ1v) is 5.92. The van der Waals surface area contributed by atoms with Crippen LogP contribution in [0.1, 0.15) is 24.2 Å². The minimum absolute atomic E-state index is 0. The van der Waals surface area contributed by atoms with Gasteiger partial charge in [-0.2, -0.15) is 0 Å². The third-order valence-electron chi connectivity index (χ3n) is 2.68. The van der Waals surface area contributed by atoms with E-state index in [4.69, 9.17) is 10.5 Å². The summed E-state index contributed by atoms with van der Waals surface area (Å²) in [5.41, 5.74) is 6.73. The average Bonchev–Trinajstić information content (AvgIpc) is 2.35. The van der Waals surface area contributed by atoms with E-state index in [-0.39, 0.29) is 1250 Å². The van der Waals surface area contributed by atoms with Gasteiger partial charge in [-0.3, -0.25) is 0 Å². The fourth-order valence-electron chi connectivity index (χ4n) is 1.51. The van der Waals surface area contributed by atoms with Gasteiger partial charge in [0.15, 0.2) is 0 Å². The van der Waals surface area contributed by atoms with Gasteiger partial charge in [-0.05, 0) is 37.4 Å². The normalized spacial score (nSPS) is 1.53. The lowest BCUT2D eigenvalue weighted by Crippen LogP contribution is -2.27. The van der Waals surface area contributed by atoms with Crippen molar-refractivity contribution in [2.75, 3.05) is 32.0 Å². The van der Waals surface area contributed by atoms with E-state index in [1.165, 1.54) is 0 Å². The van der Waals surface area contributed by atoms with Crippen LogP contribution in [-0.2, 0) is 4.74 Å². The van der Waals surface area contributed by atoms with Crippen LogP contribution in [0.5, 0.6) is 0 Å². The second-order valence-corrected chi connectivity index (χ2v) is 3.78. The molecule has 0 aliphatic heterocycles. The Morgan fingerprint density at radius 3 is 0.350 bits per heavy atom. The van der Waals surface area contributed by atoms with Gasteiger partial charge in [0.1, 0.15) is 6.61 Å². The summed E-state index contributed by atoms with van der Waals surface area (Å²) in [5, 5.41) is 0. The van der Waals surface area contributed by atoms with Crippen molar-refractivity contribution < 1.29 is 9.53 Å². The molecule has 0 fully saturated rings. The number of nitrogens with zero attached hydrogens (tertiary/aromatic N) is 1. The van der Waals surface area contributed by atoms with Gasteiger partial charge in [0.05, 0.1) is 5.56 Å². The molecule has 894 valence electrons. The molecule has 0 saturated carbocycles. The Labute approximate surface area is 1320 Å². The highest BCUT2D eigenvalue weighted by Gasteiger charge is 2.07. The highest BCUT2D eigenvalue weighted by Crippen LogP contribution is 2.06. The van der Waals surface area contributed by atoms with Crippen molar-refractivity contribution >= 4 is 1250 Å². The topological polar surface area (TPSA) is 55.6 Å². The maximum absolute atomic E-state index is 11.6. The summed E-state index contributed by atoms with van der Waals surface area (Å²) >= 11 is 0. The molecule has 1 aromatic rings. The number of ether oxygens (including phenoxy) is 1. The number of nitrogens with two attached hydrogens (primary N) is 1. The summed E-state index contributed by atoms with van der Waals surface area (Å²) < 4.78 is 5.18. The third-order valence-corrected chi connectivity index (χ3v) is 2.68. The molecule has 1 rings (SSSR count). The van der Waals surface area contributed by atoms with E-state index in [1.54, 1.807) is 24.3 Å². The minimum atomic E-state index is -0.294. The number of hydrogen-bond acceptors (Lipinski definition) is 4. The van der Waals surface area contributed by atoms with Crippen molar-refractivity contribution in [1.82, 2.24) is 4.90 Å². The molecule has 0 atom stereocenters. The van der Waals surface area contributed by atoms with Crippen LogP contribution in [0.25, 0.3) is 0 Å². The molecular weight excluding hydrogens is 3760 g/mol. The second-order valence-electron chi connectivity index (χ2n) is 3.78. The van der Waals surface area contributed by atoms with Gasteiger partial charge in [0.2, 0.25) is 0 Å². The van der Waals surface area contributed by atoms with Crippen LogP contribution in [0.15, 0.2) is 24.3 Å². The second kappa shape index (κ2) is 1240. The molecule has 0 unspecified atom stereocenters. The number of halogens is 100. The summed E-state index contributed by atoms with van der Waals surface area (Å²) in [5.74, 6) is -0.294. The van der Waals surface area contributed by atoms with Gasteiger partial charge < -0.3 is 15.4 Å². The Morgan fingerprint density at radius 2 is 0.274 bits per heavy atom. The molecule has 4 nitrogen and oxygen atoms in total. The molecule has 0 bridgehead atoms. The Balaban J connectivity index is -0.000000000295. The standard InChI is InChI=1S/C13H20N2O2.100ClH/c1-3-15(4-2)9-10-17-13(16)11-5-7-12(14)8-6-11;;;;;;;;;;;;;;;;;;;;;;;;;;;;;;;;;;;;;;;;;;;;;;;;;;;;;;;;;;;;;;;;;;;;;;;;;;;;;;;;;;;;;;;;;;;;;;;;;;;;/h5-8H,3-4,9-10,14H2,1-2H3;100*1H. The molecule has 104 heteroatoms. The van der Waals surface area contributed by atoms with Gasteiger partial charge >= 0.3 is 5.97 Å². The molecule has 0 aliphatic carbocycles. The summed E-state index contributed by atoms with van der Waals surface area (Å²) in [6.45, 7) is 7.31. The van der Waals surface area contributed by atoms with Crippen molar-refractivity contribution in [2.45, 2.75) is 13.8 Å². The molecule has 0 aliphatic rings. The monoisotopic (exact) mass is 3830 g/mol. The molecule has 0 heterocycles. The fraction of sp³-hybridized carbons (Fsp3) is 0.462. The number of rotatable bonds is 6. The van der Waals surface area contributed by atoms with E-state index >= 15 is 0 Å². The Morgan fingerprint density at radius 1 is 0.188 bits per heavy atom. The van der Waals surface area contributed by atoms with Crippen LogP contribution >= 0.6 is 1240 Å². The number of anilines is 1. The van der Waals surface area contributed by atoms with Crippen LogP contribution < -0.4 is 5.73 Å². The summed E-state index contributed by atoms with van der Waals surface area (Å²) in [4.78, 5) is 13.8. The van der Waals surface area contributed by atoms with Gasteiger partial charge in [-0.1, -0.05) is 13.8 Å². The molecule has 1 aromatic carbocycles. The molecule has 0 radical (unpaired) electrons. The zero-order chi connectivity index (χ0) is 12.7. The van der Waals surface area contributed by atoms with Gasteiger partial charge in [-0.15, -0.1) is 1240 Å². The van der Waals surface area contributed by atoms with Gasteiger partial charge in [0.25, 0.3) is 0 Å². The average molecular weight is 3880 g/mol. The lowest BCUT2D eigenvalue weighted by molar-refractivity contribution is 0.0466. The number of carbonyl (C=O) groups excluding carboxylic acids is 1. The van der Waals surface area contributed by atoms with Crippen molar-refractivity contribution in [3.8, 4) is 0 Å². The van der Waals surface area contributed by atoms with E-state index in [2.05, 4.69) is 18.7 Å². The molecule has 117 heavy (non-hydrogen) atoms. The Hall–Kier alpha value is 27.4. The molecule has 0 saturated heterocycles. The highest BCUT2D eigenvalue weighted by atomic mass is 35.6. The first-order valence-electron chi connectivity index (χ1n) is 5.92. The predicted octanol–water partition coefficient (Wildman–Crippen LogP) is 43.9. The van der Waals surface area contributed by atoms with Crippen molar-refractivity contribution in [2.24, 2.45) is 0 Å². The van der Waals surface area contributed by atoms with E-state index in [0.29, 0.717) is 17.9 Å². The summed E-state index contributed by atoms with van der Waals surface area (Å²) in [6, 6.07) is 6.74. The first-order chi connectivity index (χ1) is 8.17. The molecule has 0 amide bonds. The Kier molecular flexibility index (Phi) is 15900. The predicted molar refractivity (Wildman–Crippen MR) is 794 cm³/mol. The van der Waals surface area contributed by atoms with E-state index in [0.717, 1.165) is 19.6 Å². The van der Waals surface area contributed by atoms with Crippen LogP contribution in [0.4, 0.5) is 5.69 Å². The molecule has 0 spiro atoms. The van der Waals surface area contributed by atoms with Gasteiger partial charge in [0, 0.05) is 12.2 Å². The van der Waals surface area contributed by atoms with Crippen LogP contribution in [-0.4, -0.2) is 37.1 Å². The number of benzene rings is 1. The first kappa shape index (κ1) is 1500. The number of hydrogen-bond donors (Lipinski definition) is 1. The van der Waals surface area contributed by atoms with Crippen LogP contribution in [0.2, 0.25) is 0 Å². The third kappa shape index (κ3) is 1080. The SMILES string of the molecule is CCN(CC)CCOC(=O)c1ccc(N)cc1.Cl.Cl.Cl.Cl.Cl.Cl.Cl.Cl.Cl.Cl.Cl.Cl.Cl.Cl.Cl.Cl.Cl.Cl.Cl.Cl.Cl.Cl.Cl.Cl.Cl.Cl.Cl.Cl.Cl.Cl.Cl.Cl.Cl.Cl.Cl.Cl.Cl.Cl.Cl.Cl.Cl.Cl.Cl.Cl.Cl.Cl.Cl.Cl.Cl.Cl.Cl.Cl.Cl.Cl.Cl.Cl.Cl.Cl.Cl.Cl.Cl.Cl.Cl.Cl.Cl.Cl.Cl.Cl.Cl.Cl.Cl.Cl.Cl.Cl.Cl.Cl.Cl.Cl.Cl.Cl.Cl.Cl.Cl.Cl.Cl.Cl.Cl.Cl.Cl.Cl.Cl.Cl.Cl.Cl.Cl.Cl.Cl.Cl.Cl.Cl. The molecular formula is C13H120Cl100N2O2. The quantitative estimate of drug-likeness (QED) is 0.228. The maximum Gasteiger partial charge on any atom is 0.338 e. The lowest BCUT2D eigenvalue weighted by Gasteiger charge is -2.17. The van der Waals surface area contributed by atoms with Crippen molar-refractivity contribution in [3.05, 3.63) is 29.8 Å². The molecule has 2 N–H and O–H groups in total. The maximum atomic E-state index is 11.6. The van der Waals surface area contributed by atoms with Crippen LogP contribution in [0.3, 0.4) is 0 Å². The van der Waals surface area contributed by atoms with Gasteiger partial charge in [-0.25, -0.2) is 4.79 Å². The van der Waals surface area contributed by atoms with E-state index in [1.807, 2.05) is 0 Å². The fourth-order valence-corrected chi connectivity index (χ4v) is 1.51. The lowest BCUT2D eigenvalue weighted by atomic mass is 10.2. The number of carbonyl (C=O) groups is 1. The highest BCUT2D eigenvalue weighted by molar-refractivity contribution is 5.96. The largest absolute Gasteiger partial charge is 0.461 e. The zero-order valence-electron chi connectivity index (χ0n) is 51.3. The Bertz CT molecular complexity index is 415. The summed E-state index contributed by atoms with van der Waals surface area (Å²) in [6.07, 6.45) is 0. The molecule has 0 aromatic heterocycles. The number of likely N-dealkylation sites (N-methyl/N-ethyl adjacent to an activating group) is 1. The number of nitrogen functional groups attached to an aromatic ring is 1. The van der Waals surface area contributed by atoms with Crippen molar-refractivity contribution in [1.29, 1.82) is 0 Å².